The maximum atomic E-state index is 11.9. The normalized spacial score (nSPS) is 9.96. The van der Waals surface area contributed by atoms with Crippen LogP contribution in [0.5, 0.6) is 5.75 Å². The van der Waals surface area contributed by atoms with Crippen molar-refractivity contribution in [1.29, 1.82) is 0 Å². The molecule has 0 saturated heterocycles. The van der Waals surface area contributed by atoms with Crippen LogP contribution in [0.3, 0.4) is 0 Å². The first-order valence-corrected chi connectivity index (χ1v) is 7.35. The molecule has 2 N–H and O–H groups in total. The molecule has 0 aliphatic carbocycles. The van der Waals surface area contributed by atoms with Crippen LogP contribution in [0.25, 0.3) is 0 Å². The van der Waals surface area contributed by atoms with E-state index in [0.717, 1.165) is 0 Å². The van der Waals surface area contributed by atoms with Crippen LogP contribution < -0.4 is 15.4 Å². The molecule has 0 spiro atoms. The van der Waals surface area contributed by atoms with Gasteiger partial charge in [0.15, 0.2) is 5.78 Å². The molecule has 0 fully saturated rings. The van der Waals surface area contributed by atoms with E-state index in [2.05, 4.69) is 10.6 Å². The third kappa shape index (κ3) is 4.33. The Labute approximate surface area is 143 Å². The first kappa shape index (κ1) is 17.5. The molecule has 2 rings (SSSR count). The minimum atomic E-state index is -0.859. The summed E-state index contributed by atoms with van der Waals surface area (Å²) in [5, 5.41) is 5.18. The van der Waals surface area contributed by atoms with Crippen molar-refractivity contribution in [2.45, 2.75) is 6.92 Å². The van der Waals surface area contributed by atoms with Crippen LogP contribution in [0, 0.1) is 0 Å². The minimum absolute atomic E-state index is 0.136. The van der Waals surface area contributed by atoms with Gasteiger partial charge in [-0.05, 0) is 37.3 Å². The number of methoxy groups -OCH3 is 1. The quantitative estimate of drug-likeness (QED) is 0.658. The first-order chi connectivity index (χ1) is 11.4. The summed E-state index contributed by atoms with van der Waals surface area (Å²) in [6, 6.07) is 10.9. The van der Waals surface area contributed by atoms with Crippen LogP contribution in [-0.2, 0) is 9.59 Å². The van der Waals surface area contributed by atoms with Gasteiger partial charge in [0.05, 0.1) is 12.1 Å². The minimum Gasteiger partial charge on any atom is -0.495 e. The van der Waals surface area contributed by atoms with Gasteiger partial charge in [-0.25, -0.2) is 0 Å². The largest absolute Gasteiger partial charge is 0.495 e. The van der Waals surface area contributed by atoms with E-state index in [-0.39, 0.29) is 5.78 Å². The molecule has 0 saturated carbocycles. The molecular formula is C17H15ClN2O4. The molecule has 124 valence electrons. The monoisotopic (exact) mass is 346 g/mol. The molecule has 24 heavy (non-hydrogen) atoms. The molecule has 0 aliphatic rings. The fraction of sp³-hybridized carbons (Fsp3) is 0.118. The average Bonchev–Trinajstić information content (AvgIpc) is 2.55. The second-order valence-electron chi connectivity index (χ2n) is 4.89. The number of benzene rings is 2. The second kappa shape index (κ2) is 7.61. The second-order valence-corrected chi connectivity index (χ2v) is 5.30. The molecule has 0 aliphatic heterocycles. The van der Waals surface area contributed by atoms with Crippen LogP contribution in [-0.4, -0.2) is 24.7 Å². The van der Waals surface area contributed by atoms with Crippen LogP contribution in [0.15, 0.2) is 42.5 Å². The smallest absolute Gasteiger partial charge is 0.314 e. The van der Waals surface area contributed by atoms with Gasteiger partial charge in [0.2, 0.25) is 0 Å². The van der Waals surface area contributed by atoms with Crippen LogP contribution in [0.2, 0.25) is 5.02 Å². The topological polar surface area (TPSA) is 84.5 Å². The highest BCUT2D eigenvalue weighted by Crippen LogP contribution is 2.27. The summed E-state index contributed by atoms with van der Waals surface area (Å²) in [4.78, 5) is 35.2. The van der Waals surface area contributed by atoms with Crippen molar-refractivity contribution in [2.75, 3.05) is 17.7 Å². The molecule has 0 heterocycles. The summed E-state index contributed by atoms with van der Waals surface area (Å²) in [5.41, 5.74) is 1.16. The maximum Gasteiger partial charge on any atom is 0.314 e. The third-order valence-corrected chi connectivity index (χ3v) is 3.44. The highest BCUT2D eigenvalue weighted by Gasteiger charge is 2.15. The predicted octanol–water partition coefficient (Wildman–Crippen LogP) is 3.13. The fourth-order valence-electron chi connectivity index (χ4n) is 1.94. The summed E-state index contributed by atoms with van der Waals surface area (Å²) in [5.74, 6) is -1.39. The van der Waals surface area contributed by atoms with E-state index in [0.29, 0.717) is 27.7 Å². The van der Waals surface area contributed by atoms with Crippen molar-refractivity contribution in [3.8, 4) is 5.75 Å². The highest BCUT2D eigenvalue weighted by molar-refractivity contribution is 6.43. The molecule has 0 aromatic heterocycles. The zero-order chi connectivity index (χ0) is 17.7. The van der Waals surface area contributed by atoms with Gasteiger partial charge in [-0.15, -0.1) is 0 Å². The number of anilines is 2. The Kier molecular flexibility index (Phi) is 5.55. The summed E-state index contributed by atoms with van der Waals surface area (Å²) >= 11 is 5.96. The molecule has 0 radical (unpaired) electrons. The number of ketones is 1. The lowest BCUT2D eigenvalue weighted by atomic mass is 10.1. The number of ether oxygens (including phenoxy) is 1. The molecule has 6 nitrogen and oxygen atoms in total. The molecule has 7 heteroatoms. The number of Topliss-reactive ketones (excluding diaryl/α,β-unsaturated/α-hetero) is 1. The van der Waals surface area contributed by atoms with Gasteiger partial charge in [0, 0.05) is 16.9 Å². The Hall–Kier alpha value is -2.86. The number of nitrogens with one attached hydrogen (secondary N) is 2. The standard InChI is InChI=1S/C17H15ClN2O4/c1-10(21)11-4-3-5-12(8-11)19-16(22)17(23)20-13-6-7-15(24-2)14(18)9-13/h3-9H,1-2H3,(H,19,22)(H,20,23). The van der Waals surface area contributed by atoms with Crippen molar-refractivity contribution < 1.29 is 19.1 Å². The molecule has 0 atom stereocenters. The number of hydrogen-bond acceptors (Lipinski definition) is 4. The van der Waals surface area contributed by atoms with Crippen molar-refractivity contribution in [3.05, 3.63) is 53.1 Å². The molecule has 2 aromatic carbocycles. The average molecular weight is 347 g/mol. The summed E-state index contributed by atoms with van der Waals surface area (Å²) in [6.45, 7) is 1.42. The zero-order valence-corrected chi connectivity index (χ0v) is 13.8. The summed E-state index contributed by atoms with van der Waals surface area (Å²) in [6.07, 6.45) is 0. The Morgan fingerprint density at radius 3 is 2.12 bits per heavy atom. The summed E-state index contributed by atoms with van der Waals surface area (Å²) < 4.78 is 5.01. The van der Waals surface area contributed by atoms with E-state index < -0.39 is 11.8 Å². The van der Waals surface area contributed by atoms with E-state index in [1.165, 1.54) is 26.2 Å². The van der Waals surface area contributed by atoms with Gasteiger partial charge in [-0.3, -0.25) is 14.4 Å². The lowest BCUT2D eigenvalue weighted by molar-refractivity contribution is -0.132. The highest BCUT2D eigenvalue weighted by atomic mass is 35.5. The number of hydrogen-bond donors (Lipinski definition) is 2. The molecular weight excluding hydrogens is 332 g/mol. The van der Waals surface area contributed by atoms with E-state index >= 15 is 0 Å². The van der Waals surface area contributed by atoms with Gasteiger partial charge in [-0.2, -0.15) is 0 Å². The molecule has 0 unspecified atom stereocenters. The molecule has 2 aromatic rings. The van der Waals surface area contributed by atoms with Gasteiger partial charge < -0.3 is 15.4 Å². The number of carbonyl (C=O) groups excluding carboxylic acids is 3. The zero-order valence-electron chi connectivity index (χ0n) is 13.1. The fourth-order valence-corrected chi connectivity index (χ4v) is 2.19. The van der Waals surface area contributed by atoms with Crippen molar-refractivity contribution in [2.24, 2.45) is 0 Å². The molecule has 0 bridgehead atoms. The Morgan fingerprint density at radius 1 is 0.958 bits per heavy atom. The third-order valence-electron chi connectivity index (χ3n) is 3.14. The van der Waals surface area contributed by atoms with Crippen LogP contribution in [0.1, 0.15) is 17.3 Å². The van der Waals surface area contributed by atoms with E-state index in [4.69, 9.17) is 16.3 Å². The van der Waals surface area contributed by atoms with Gasteiger partial charge in [0.1, 0.15) is 5.75 Å². The first-order valence-electron chi connectivity index (χ1n) is 6.97. The lowest BCUT2D eigenvalue weighted by Crippen LogP contribution is -2.29. The van der Waals surface area contributed by atoms with Crippen LogP contribution in [0.4, 0.5) is 11.4 Å². The van der Waals surface area contributed by atoms with Crippen molar-refractivity contribution in [1.82, 2.24) is 0 Å². The van der Waals surface area contributed by atoms with E-state index in [1.54, 1.807) is 30.3 Å². The Balaban J connectivity index is 2.04. The molecule has 2 amide bonds. The number of rotatable bonds is 4. The van der Waals surface area contributed by atoms with Gasteiger partial charge in [-0.1, -0.05) is 23.7 Å². The Bertz CT molecular complexity index is 805. The number of halogens is 1. The predicted molar refractivity (Wildman–Crippen MR) is 91.7 cm³/mol. The SMILES string of the molecule is COc1ccc(NC(=O)C(=O)Nc2cccc(C(C)=O)c2)cc1Cl. The van der Waals surface area contributed by atoms with Crippen molar-refractivity contribution in [3.63, 3.8) is 0 Å². The van der Waals surface area contributed by atoms with Gasteiger partial charge >= 0.3 is 11.8 Å². The lowest BCUT2D eigenvalue weighted by Gasteiger charge is -2.09. The van der Waals surface area contributed by atoms with Crippen molar-refractivity contribution >= 4 is 40.6 Å². The van der Waals surface area contributed by atoms with Gasteiger partial charge in [0.25, 0.3) is 0 Å². The maximum absolute atomic E-state index is 11.9. The number of carbonyl (C=O) groups is 3. The van der Waals surface area contributed by atoms with Crippen LogP contribution >= 0.6 is 11.6 Å². The van der Waals surface area contributed by atoms with E-state index in [1.807, 2.05) is 0 Å². The summed E-state index contributed by atoms with van der Waals surface area (Å²) in [7, 11) is 1.47. The Morgan fingerprint density at radius 2 is 1.58 bits per heavy atom. The van der Waals surface area contributed by atoms with E-state index in [9.17, 15) is 14.4 Å². The number of amides is 2.